The van der Waals surface area contributed by atoms with Gasteiger partial charge in [-0.3, -0.25) is 4.79 Å². The molecule has 1 aromatic rings. The third kappa shape index (κ3) is 2.19. The fourth-order valence-corrected chi connectivity index (χ4v) is 3.77. The molecule has 3 atom stereocenters. The minimum absolute atomic E-state index is 0.0436. The molecule has 2 aliphatic heterocycles. The monoisotopic (exact) mass is 272 g/mol. The van der Waals surface area contributed by atoms with E-state index in [4.69, 9.17) is 0 Å². The van der Waals surface area contributed by atoms with Crippen LogP contribution in [0.4, 0.5) is 5.69 Å². The van der Waals surface area contributed by atoms with Crippen LogP contribution in [0.15, 0.2) is 24.3 Å². The Morgan fingerprint density at radius 1 is 1.30 bits per heavy atom. The van der Waals surface area contributed by atoms with E-state index in [-0.39, 0.29) is 5.92 Å². The number of nitrogens with zero attached hydrogens (tertiary/aromatic N) is 1. The van der Waals surface area contributed by atoms with Crippen molar-refractivity contribution in [3.8, 4) is 0 Å². The number of anilines is 1. The van der Waals surface area contributed by atoms with Crippen molar-refractivity contribution >= 4 is 11.6 Å². The predicted molar refractivity (Wildman–Crippen MR) is 81.9 cm³/mol. The minimum atomic E-state index is 0.0436. The predicted octanol–water partition coefficient (Wildman–Crippen LogP) is 3.38. The Kier molecular flexibility index (Phi) is 3.68. The Morgan fingerprint density at radius 2 is 2.10 bits per heavy atom. The molecule has 3 heteroatoms. The van der Waals surface area contributed by atoms with Crippen molar-refractivity contribution < 1.29 is 4.79 Å². The maximum Gasteiger partial charge on any atom is 0.230 e. The Hall–Kier alpha value is -1.51. The molecule has 20 heavy (non-hydrogen) atoms. The van der Waals surface area contributed by atoms with Crippen LogP contribution >= 0.6 is 0 Å². The van der Waals surface area contributed by atoms with E-state index in [0.29, 0.717) is 18.0 Å². The fraction of sp³-hybridized carbons (Fsp3) is 0.588. The summed E-state index contributed by atoms with van der Waals surface area (Å²) in [6.45, 7) is 5.28. The van der Waals surface area contributed by atoms with Gasteiger partial charge in [-0.25, -0.2) is 0 Å². The van der Waals surface area contributed by atoms with Crippen LogP contribution < -0.4 is 5.32 Å². The van der Waals surface area contributed by atoms with Gasteiger partial charge in [0, 0.05) is 24.3 Å². The van der Waals surface area contributed by atoms with E-state index >= 15 is 0 Å². The molecule has 0 spiro atoms. The van der Waals surface area contributed by atoms with E-state index in [2.05, 4.69) is 36.2 Å². The van der Waals surface area contributed by atoms with Gasteiger partial charge in [-0.05, 0) is 44.2 Å². The smallest absolute Gasteiger partial charge is 0.230 e. The molecule has 3 nitrogen and oxygen atoms in total. The molecule has 0 aliphatic carbocycles. The Bertz CT molecular complexity index is 500. The van der Waals surface area contributed by atoms with Gasteiger partial charge in [0.15, 0.2) is 0 Å². The summed E-state index contributed by atoms with van der Waals surface area (Å²) >= 11 is 0. The van der Waals surface area contributed by atoms with E-state index in [1.165, 1.54) is 5.56 Å². The number of nitrogens with one attached hydrogen (secondary N) is 1. The number of fused-ring (bicyclic) bond motifs is 1. The number of para-hydroxylation sites is 1. The standard InChI is InChI=1S/C17H24N2O/c1-3-13-9-8-12(2)19(13)17(20)15-10-11-18-16-7-5-4-6-14(15)16/h4-7,12-13,15,18H,3,8-11H2,1-2H3. The van der Waals surface area contributed by atoms with Crippen molar-refractivity contribution in [3.63, 3.8) is 0 Å². The van der Waals surface area contributed by atoms with Crippen LogP contribution in [0.25, 0.3) is 0 Å². The molecule has 0 saturated carbocycles. The lowest BCUT2D eigenvalue weighted by molar-refractivity contribution is -0.135. The van der Waals surface area contributed by atoms with Gasteiger partial charge in [0.25, 0.3) is 0 Å². The van der Waals surface area contributed by atoms with E-state index in [1.54, 1.807) is 0 Å². The summed E-state index contributed by atoms with van der Waals surface area (Å²) in [7, 11) is 0. The van der Waals surface area contributed by atoms with Crippen LogP contribution in [0.3, 0.4) is 0 Å². The maximum atomic E-state index is 13.0. The minimum Gasteiger partial charge on any atom is -0.385 e. The Balaban J connectivity index is 1.88. The summed E-state index contributed by atoms with van der Waals surface area (Å²) in [5.74, 6) is 0.387. The lowest BCUT2D eigenvalue weighted by Gasteiger charge is -2.34. The zero-order valence-corrected chi connectivity index (χ0v) is 12.4. The SMILES string of the molecule is CCC1CCC(C)N1C(=O)C1CCNc2ccccc21. The molecule has 2 aliphatic rings. The molecule has 2 heterocycles. The van der Waals surface area contributed by atoms with Gasteiger partial charge >= 0.3 is 0 Å². The van der Waals surface area contributed by atoms with Gasteiger partial charge in [0.1, 0.15) is 0 Å². The third-order valence-electron chi connectivity index (χ3n) is 4.89. The van der Waals surface area contributed by atoms with Crippen molar-refractivity contribution in [1.29, 1.82) is 0 Å². The maximum absolute atomic E-state index is 13.0. The first-order chi connectivity index (χ1) is 9.72. The normalized spacial score (nSPS) is 28.9. The summed E-state index contributed by atoms with van der Waals surface area (Å²) < 4.78 is 0. The summed E-state index contributed by atoms with van der Waals surface area (Å²) in [4.78, 5) is 15.2. The Morgan fingerprint density at radius 3 is 2.90 bits per heavy atom. The number of hydrogen-bond donors (Lipinski definition) is 1. The Labute approximate surface area is 121 Å². The largest absolute Gasteiger partial charge is 0.385 e. The zero-order valence-electron chi connectivity index (χ0n) is 12.4. The van der Waals surface area contributed by atoms with Crippen LogP contribution in [-0.4, -0.2) is 29.4 Å². The third-order valence-corrected chi connectivity index (χ3v) is 4.89. The molecule has 0 bridgehead atoms. The summed E-state index contributed by atoms with van der Waals surface area (Å²) in [5.41, 5.74) is 2.31. The van der Waals surface area contributed by atoms with Gasteiger partial charge in [0.2, 0.25) is 5.91 Å². The molecule has 3 unspecified atom stereocenters. The number of hydrogen-bond acceptors (Lipinski definition) is 2. The first-order valence-corrected chi connectivity index (χ1v) is 7.87. The molecule has 1 N–H and O–H groups in total. The molecule has 0 aromatic heterocycles. The van der Waals surface area contributed by atoms with E-state index in [1.807, 2.05) is 12.1 Å². The molecule has 1 saturated heterocycles. The molecule has 1 amide bonds. The van der Waals surface area contributed by atoms with Crippen LogP contribution in [0.1, 0.15) is 51.0 Å². The highest BCUT2D eigenvalue weighted by Gasteiger charge is 2.38. The number of likely N-dealkylation sites (tertiary alicyclic amines) is 1. The van der Waals surface area contributed by atoms with Crippen LogP contribution in [0, 0.1) is 0 Å². The zero-order chi connectivity index (χ0) is 14.1. The van der Waals surface area contributed by atoms with Gasteiger partial charge in [0.05, 0.1) is 5.92 Å². The van der Waals surface area contributed by atoms with E-state index in [0.717, 1.165) is 37.9 Å². The molecule has 1 aromatic carbocycles. The van der Waals surface area contributed by atoms with Crippen molar-refractivity contribution in [2.24, 2.45) is 0 Å². The number of amides is 1. The highest BCUT2D eigenvalue weighted by molar-refractivity contribution is 5.87. The second-order valence-electron chi connectivity index (χ2n) is 6.09. The molecular weight excluding hydrogens is 248 g/mol. The van der Waals surface area contributed by atoms with Crippen molar-refractivity contribution in [1.82, 2.24) is 4.90 Å². The lowest BCUT2D eigenvalue weighted by Crippen LogP contribution is -2.43. The van der Waals surface area contributed by atoms with Gasteiger partial charge in [-0.2, -0.15) is 0 Å². The number of carbonyl (C=O) groups excluding carboxylic acids is 1. The molecule has 1 fully saturated rings. The summed E-state index contributed by atoms with van der Waals surface area (Å²) in [6.07, 6.45) is 4.30. The highest BCUT2D eigenvalue weighted by Crippen LogP contribution is 2.36. The average molecular weight is 272 g/mol. The summed E-state index contributed by atoms with van der Waals surface area (Å²) in [6, 6.07) is 9.10. The quantitative estimate of drug-likeness (QED) is 0.895. The van der Waals surface area contributed by atoms with Gasteiger partial charge in [-0.1, -0.05) is 25.1 Å². The molecule has 3 rings (SSSR count). The summed E-state index contributed by atoms with van der Waals surface area (Å²) in [5, 5.41) is 3.40. The average Bonchev–Trinajstić information content (AvgIpc) is 2.87. The molecule has 108 valence electrons. The number of rotatable bonds is 2. The van der Waals surface area contributed by atoms with Crippen molar-refractivity contribution in [2.45, 2.75) is 57.5 Å². The van der Waals surface area contributed by atoms with Gasteiger partial charge in [-0.15, -0.1) is 0 Å². The topological polar surface area (TPSA) is 32.3 Å². The van der Waals surface area contributed by atoms with Crippen LogP contribution in [0.2, 0.25) is 0 Å². The first-order valence-electron chi connectivity index (χ1n) is 7.87. The van der Waals surface area contributed by atoms with Crippen molar-refractivity contribution in [3.05, 3.63) is 29.8 Å². The van der Waals surface area contributed by atoms with Crippen LogP contribution in [0.5, 0.6) is 0 Å². The van der Waals surface area contributed by atoms with E-state index in [9.17, 15) is 4.79 Å². The number of carbonyl (C=O) groups is 1. The van der Waals surface area contributed by atoms with Crippen molar-refractivity contribution in [2.75, 3.05) is 11.9 Å². The lowest BCUT2D eigenvalue weighted by atomic mass is 9.89. The van der Waals surface area contributed by atoms with Gasteiger partial charge < -0.3 is 10.2 Å². The molecular formula is C17H24N2O. The van der Waals surface area contributed by atoms with Crippen LogP contribution in [-0.2, 0) is 4.79 Å². The second-order valence-corrected chi connectivity index (χ2v) is 6.09. The number of benzene rings is 1. The molecule has 0 radical (unpaired) electrons. The first kappa shape index (κ1) is 13.5. The second kappa shape index (κ2) is 5.47. The fourth-order valence-electron chi connectivity index (χ4n) is 3.77. The van der Waals surface area contributed by atoms with E-state index < -0.39 is 0 Å². The highest BCUT2D eigenvalue weighted by atomic mass is 16.2.